The van der Waals surface area contributed by atoms with Crippen molar-refractivity contribution < 1.29 is 0 Å². The van der Waals surface area contributed by atoms with Crippen molar-refractivity contribution in [2.75, 3.05) is 6.54 Å². The SMILES string of the molecule is Cl.NC(N)=NCCCc1ccccc1. The van der Waals surface area contributed by atoms with Gasteiger partial charge in [0.25, 0.3) is 0 Å². The van der Waals surface area contributed by atoms with E-state index in [1.807, 2.05) is 18.2 Å². The highest BCUT2D eigenvalue weighted by Crippen LogP contribution is 2.01. The molecule has 0 aliphatic carbocycles. The van der Waals surface area contributed by atoms with Crippen molar-refractivity contribution in [3.05, 3.63) is 35.9 Å². The molecule has 1 rings (SSSR count). The Morgan fingerprint density at radius 2 is 1.79 bits per heavy atom. The van der Waals surface area contributed by atoms with E-state index >= 15 is 0 Å². The molecule has 0 aromatic heterocycles. The van der Waals surface area contributed by atoms with Gasteiger partial charge >= 0.3 is 0 Å². The van der Waals surface area contributed by atoms with Gasteiger partial charge in [-0.3, -0.25) is 4.99 Å². The fraction of sp³-hybridized carbons (Fsp3) is 0.300. The molecule has 0 amide bonds. The van der Waals surface area contributed by atoms with Crippen LogP contribution in [0, 0.1) is 0 Å². The van der Waals surface area contributed by atoms with Crippen LogP contribution in [0.2, 0.25) is 0 Å². The Balaban J connectivity index is 0.00000169. The number of rotatable bonds is 4. The Labute approximate surface area is 90.6 Å². The molecule has 1 aromatic carbocycles. The van der Waals surface area contributed by atoms with E-state index in [1.54, 1.807) is 0 Å². The highest BCUT2D eigenvalue weighted by Gasteiger charge is 1.90. The van der Waals surface area contributed by atoms with E-state index in [9.17, 15) is 0 Å². The second-order valence-electron chi connectivity index (χ2n) is 2.90. The fourth-order valence-corrected chi connectivity index (χ4v) is 1.14. The van der Waals surface area contributed by atoms with E-state index in [0.717, 1.165) is 12.8 Å². The van der Waals surface area contributed by atoms with E-state index in [4.69, 9.17) is 11.5 Å². The maximum atomic E-state index is 5.20. The van der Waals surface area contributed by atoms with Crippen molar-refractivity contribution in [1.82, 2.24) is 0 Å². The van der Waals surface area contributed by atoms with Crippen molar-refractivity contribution in [2.24, 2.45) is 16.5 Å². The maximum Gasteiger partial charge on any atom is 0.185 e. The van der Waals surface area contributed by atoms with Gasteiger partial charge < -0.3 is 11.5 Å². The summed E-state index contributed by atoms with van der Waals surface area (Å²) in [6.07, 6.45) is 2.01. The highest BCUT2D eigenvalue weighted by molar-refractivity contribution is 5.85. The lowest BCUT2D eigenvalue weighted by Gasteiger charge is -1.98. The Morgan fingerprint density at radius 3 is 2.36 bits per heavy atom. The van der Waals surface area contributed by atoms with Gasteiger partial charge in [-0.2, -0.15) is 0 Å². The van der Waals surface area contributed by atoms with Gasteiger partial charge in [0.2, 0.25) is 0 Å². The molecule has 4 heteroatoms. The van der Waals surface area contributed by atoms with Gasteiger partial charge in [0.05, 0.1) is 0 Å². The lowest BCUT2D eigenvalue weighted by Crippen LogP contribution is -2.23. The monoisotopic (exact) mass is 213 g/mol. The number of aliphatic imine (C=N–C) groups is 1. The molecule has 0 unspecified atom stereocenters. The summed E-state index contributed by atoms with van der Waals surface area (Å²) in [6.45, 7) is 0.706. The Morgan fingerprint density at radius 1 is 1.14 bits per heavy atom. The van der Waals surface area contributed by atoms with Crippen molar-refractivity contribution in [1.29, 1.82) is 0 Å². The first kappa shape index (κ1) is 12.8. The molecule has 1 aromatic rings. The molecule has 0 bridgehead atoms. The molecule has 0 aliphatic heterocycles. The van der Waals surface area contributed by atoms with Crippen LogP contribution in [0.25, 0.3) is 0 Å². The zero-order valence-corrected chi connectivity index (χ0v) is 8.83. The number of benzene rings is 1. The molecule has 0 saturated carbocycles. The third-order valence-corrected chi connectivity index (χ3v) is 1.76. The minimum Gasteiger partial charge on any atom is -0.370 e. The molecule has 0 radical (unpaired) electrons. The van der Waals surface area contributed by atoms with Gasteiger partial charge in [-0.15, -0.1) is 12.4 Å². The topological polar surface area (TPSA) is 64.4 Å². The Kier molecular flexibility index (Phi) is 6.58. The minimum absolute atomic E-state index is 0. The third kappa shape index (κ3) is 5.43. The summed E-state index contributed by atoms with van der Waals surface area (Å²) >= 11 is 0. The summed E-state index contributed by atoms with van der Waals surface area (Å²) in [6, 6.07) is 10.3. The van der Waals surface area contributed by atoms with Crippen LogP contribution in [0.1, 0.15) is 12.0 Å². The van der Waals surface area contributed by atoms with Crippen molar-refractivity contribution in [3.8, 4) is 0 Å². The molecule has 0 heterocycles. The van der Waals surface area contributed by atoms with Crippen LogP contribution in [0.5, 0.6) is 0 Å². The van der Waals surface area contributed by atoms with Crippen LogP contribution in [-0.2, 0) is 6.42 Å². The molecular weight excluding hydrogens is 198 g/mol. The molecule has 78 valence electrons. The van der Waals surface area contributed by atoms with E-state index in [1.165, 1.54) is 5.56 Å². The quantitative estimate of drug-likeness (QED) is 0.450. The van der Waals surface area contributed by atoms with Gasteiger partial charge in [0.15, 0.2) is 5.96 Å². The zero-order chi connectivity index (χ0) is 9.52. The normalized spacial score (nSPS) is 8.86. The van der Waals surface area contributed by atoms with Crippen molar-refractivity contribution in [3.63, 3.8) is 0 Å². The molecular formula is C10H16ClN3. The molecule has 3 nitrogen and oxygen atoms in total. The minimum atomic E-state index is 0. The molecule has 4 N–H and O–H groups in total. The van der Waals surface area contributed by atoms with Crippen molar-refractivity contribution >= 4 is 18.4 Å². The average molecular weight is 214 g/mol. The first-order valence-electron chi connectivity index (χ1n) is 4.38. The van der Waals surface area contributed by atoms with E-state index in [0.29, 0.717) is 6.54 Å². The number of nitrogens with two attached hydrogens (primary N) is 2. The third-order valence-electron chi connectivity index (χ3n) is 1.76. The zero-order valence-electron chi connectivity index (χ0n) is 8.02. The lowest BCUT2D eigenvalue weighted by molar-refractivity contribution is 0.831. The summed E-state index contributed by atoms with van der Waals surface area (Å²) in [5.74, 6) is 0.174. The van der Waals surface area contributed by atoms with Gasteiger partial charge in [-0.1, -0.05) is 30.3 Å². The molecule has 0 saturated heterocycles. The fourth-order valence-electron chi connectivity index (χ4n) is 1.14. The summed E-state index contributed by atoms with van der Waals surface area (Å²) in [5.41, 5.74) is 11.7. The van der Waals surface area contributed by atoms with Crippen LogP contribution < -0.4 is 11.5 Å². The largest absolute Gasteiger partial charge is 0.370 e. The Bertz CT molecular complexity index is 268. The highest BCUT2D eigenvalue weighted by atomic mass is 35.5. The van der Waals surface area contributed by atoms with Crippen molar-refractivity contribution in [2.45, 2.75) is 12.8 Å². The van der Waals surface area contributed by atoms with Gasteiger partial charge in [-0.25, -0.2) is 0 Å². The molecule has 0 atom stereocenters. The van der Waals surface area contributed by atoms with Crippen LogP contribution in [0.4, 0.5) is 0 Å². The van der Waals surface area contributed by atoms with Crippen LogP contribution in [-0.4, -0.2) is 12.5 Å². The average Bonchev–Trinajstić information content (AvgIpc) is 2.14. The number of nitrogens with zero attached hydrogens (tertiary/aromatic N) is 1. The number of halogens is 1. The number of hydrogen-bond acceptors (Lipinski definition) is 1. The first-order valence-corrected chi connectivity index (χ1v) is 4.38. The summed E-state index contributed by atoms with van der Waals surface area (Å²) in [7, 11) is 0. The van der Waals surface area contributed by atoms with Crippen LogP contribution in [0.15, 0.2) is 35.3 Å². The number of hydrogen-bond donors (Lipinski definition) is 2. The standard InChI is InChI=1S/C10H15N3.ClH/c11-10(12)13-8-4-7-9-5-2-1-3-6-9;/h1-3,5-6H,4,7-8H2,(H4,11,12,13);1H. The first-order chi connectivity index (χ1) is 6.29. The summed E-state index contributed by atoms with van der Waals surface area (Å²) in [5, 5.41) is 0. The van der Waals surface area contributed by atoms with Crippen LogP contribution in [0.3, 0.4) is 0 Å². The summed E-state index contributed by atoms with van der Waals surface area (Å²) in [4.78, 5) is 3.91. The predicted molar refractivity (Wildman–Crippen MR) is 62.7 cm³/mol. The van der Waals surface area contributed by atoms with Gasteiger partial charge in [0, 0.05) is 6.54 Å². The molecule has 0 spiro atoms. The number of guanidine groups is 1. The summed E-state index contributed by atoms with van der Waals surface area (Å²) < 4.78 is 0. The second kappa shape index (κ2) is 7.21. The predicted octanol–water partition coefficient (Wildman–Crippen LogP) is 1.31. The van der Waals surface area contributed by atoms with Gasteiger partial charge in [0.1, 0.15) is 0 Å². The van der Waals surface area contributed by atoms with E-state index in [2.05, 4.69) is 17.1 Å². The van der Waals surface area contributed by atoms with Gasteiger partial charge in [-0.05, 0) is 18.4 Å². The molecule has 14 heavy (non-hydrogen) atoms. The Hall–Kier alpha value is -1.22. The smallest absolute Gasteiger partial charge is 0.185 e. The number of aryl methyl sites for hydroxylation is 1. The second-order valence-corrected chi connectivity index (χ2v) is 2.90. The maximum absolute atomic E-state index is 5.20. The lowest BCUT2D eigenvalue weighted by atomic mass is 10.1. The van der Waals surface area contributed by atoms with E-state index in [-0.39, 0.29) is 18.4 Å². The van der Waals surface area contributed by atoms with E-state index < -0.39 is 0 Å². The molecule has 0 fully saturated rings. The van der Waals surface area contributed by atoms with Crippen LogP contribution >= 0.6 is 12.4 Å². The molecule has 0 aliphatic rings.